The van der Waals surface area contributed by atoms with E-state index in [1.165, 1.54) is 0 Å². The number of allylic oxidation sites excluding steroid dienone is 1. The van der Waals surface area contributed by atoms with E-state index < -0.39 is 0 Å². The maximum Gasteiger partial charge on any atom is 0.108 e. The largest absolute Gasteiger partial charge is 0.251 e. The van der Waals surface area contributed by atoms with Gasteiger partial charge in [0.25, 0.3) is 0 Å². The summed E-state index contributed by atoms with van der Waals surface area (Å²) in [6.07, 6.45) is 1.65. The Hall–Kier alpha value is -0.340. The van der Waals surface area contributed by atoms with E-state index in [-0.39, 0.29) is 6.10 Å². The summed E-state index contributed by atoms with van der Waals surface area (Å²) >= 11 is 0. The highest BCUT2D eigenvalue weighted by atomic mass is 17.1. The fourth-order valence-electron chi connectivity index (χ4n) is 0.500. The van der Waals surface area contributed by atoms with Crippen molar-refractivity contribution in [3.63, 3.8) is 0 Å². The second-order valence-electron chi connectivity index (χ2n) is 2.05. The Morgan fingerprint density at radius 3 is 2.25 bits per heavy atom. The second-order valence-corrected chi connectivity index (χ2v) is 2.05. The molecule has 2 nitrogen and oxygen atoms in total. The van der Waals surface area contributed by atoms with Crippen molar-refractivity contribution in [2.45, 2.75) is 26.9 Å². The topological polar surface area (TPSA) is 29.5 Å². The SMILES string of the molecule is CC(C)=CC(C)OO. The van der Waals surface area contributed by atoms with Gasteiger partial charge in [-0.05, 0) is 20.8 Å². The molecule has 1 unspecified atom stereocenters. The quantitative estimate of drug-likeness (QED) is 0.339. The summed E-state index contributed by atoms with van der Waals surface area (Å²) in [6, 6.07) is 0. The van der Waals surface area contributed by atoms with E-state index in [1.54, 1.807) is 6.92 Å². The molecule has 0 aromatic heterocycles. The molecule has 0 amide bonds. The Bertz CT molecular complexity index is 82.5. The summed E-state index contributed by atoms with van der Waals surface area (Å²) in [5, 5.41) is 8.04. The summed E-state index contributed by atoms with van der Waals surface area (Å²) in [5.41, 5.74) is 1.14. The summed E-state index contributed by atoms with van der Waals surface area (Å²) < 4.78 is 0. The molecule has 0 rings (SSSR count). The molecular formula is C6H12O2. The molecule has 0 aliphatic rings. The minimum absolute atomic E-state index is 0.181. The van der Waals surface area contributed by atoms with E-state index in [1.807, 2.05) is 19.9 Å². The van der Waals surface area contributed by atoms with Crippen LogP contribution in [0.4, 0.5) is 0 Å². The highest BCUT2D eigenvalue weighted by molar-refractivity contribution is 4.96. The first kappa shape index (κ1) is 7.66. The highest BCUT2D eigenvalue weighted by Crippen LogP contribution is 1.95. The van der Waals surface area contributed by atoms with Gasteiger partial charge >= 0.3 is 0 Å². The number of hydrogen-bond donors (Lipinski definition) is 1. The van der Waals surface area contributed by atoms with Crippen LogP contribution in [0.3, 0.4) is 0 Å². The minimum atomic E-state index is -0.181. The molecule has 0 aliphatic heterocycles. The van der Waals surface area contributed by atoms with Crippen molar-refractivity contribution in [1.29, 1.82) is 0 Å². The fraction of sp³-hybridized carbons (Fsp3) is 0.667. The smallest absolute Gasteiger partial charge is 0.108 e. The van der Waals surface area contributed by atoms with Crippen LogP contribution < -0.4 is 0 Å². The molecule has 48 valence electrons. The van der Waals surface area contributed by atoms with E-state index in [9.17, 15) is 0 Å². The average molecular weight is 116 g/mol. The van der Waals surface area contributed by atoms with Crippen molar-refractivity contribution in [1.82, 2.24) is 0 Å². The van der Waals surface area contributed by atoms with Gasteiger partial charge in [-0.1, -0.05) is 11.6 Å². The van der Waals surface area contributed by atoms with Crippen molar-refractivity contribution in [3.05, 3.63) is 11.6 Å². The molecule has 2 heteroatoms. The van der Waals surface area contributed by atoms with E-state index in [4.69, 9.17) is 5.26 Å². The van der Waals surface area contributed by atoms with Gasteiger partial charge in [0.05, 0.1) is 0 Å². The predicted octanol–water partition coefficient (Wildman–Crippen LogP) is 1.83. The van der Waals surface area contributed by atoms with Gasteiger partial charge in [-0.15, -0.1) is 0 Å². The van der Waals surface area contributed by atoms with Crippen LogP contribution in [0.1, 0.15) is 20.8 Å². The van der Waals surface area contributed by atoms with Crippen molar-refractivity contribution in [2.24, 2.45) is 0 Å². The van der Waals surface area contributed by atoms with Crippen LogP contribution in [0.15, 0.2) is 11.6 Å². The summed E-state index contributed by atoms with van der Waals surface area (Å²) in [5.74, 6) is 0. The molecule has 0 saturated heterocycles. The second kappa shape index (κ2) is 3.64. The lowest BCUT2D eigenvalue weighted by Gasteiger charge is -1.99. The maximum absolute atomic E-state index is 8.04. The van der Waals surface area contributed by atoms with Gasteiger partial charge < -0.3 is 0 Å². The summed E-state index contributed by atoms with van der Waals surface area (Å²) in [6.45, 7) is 5.68. The monoisotopic (exact) mass is 116 g/mol. The van der Waals surface area contributed by atoms with Crippen LogP contribution in [0.25, 0.3) is 0 Å². The van der Waals surface area contributed by atoms with Crippen molar-refractivity contribution < 1.29 is 10.1 Å². The normalized spacial score (nSPS) is 13.0. The first-order valence-corrected chi connectivity index (χ1v) is 2.62. The minimum Gasteiger partial charge on any atom is -0.251 e. The van der Waals surface area contributed by atoms with E-state index in [0.717, 1.165) is 5.57 Å². The van der Waals surface area contributed by atoms with Gasteiger partial charge in [-0.2, -0.15) is 0 Å². The Balaban J connectivity index is 3.51. The standard InChI is InChI=1S/C6H12O2/c1-5(2)4-6(3)8-7/h4,6-7H,1-3H3. The van der Waals surface area contributed by atoms with Crippen molar-refractivity contribution in [2.75, 3.05) is 0 Å². The summed E-state index contributed by atoms with van der Waals surface area (Å²) in [4.78, 5) is 3.98. The van der Waals surface area contributed by atoms with Crippen molar-refractivity contribution >= 4 is 0 Å². The Labute approximate surface area is 49.7 Å². The van der Waals surface area contributed by atoms with Crippen LogP contribution in [0.2, 0.25) is 0 Å². The molecule has 0 heterocycles. The number of hydrogen-bond acceptors (Lipinski definition) is 2. The zero-order valence-electron chi connectivity index (χ0n) is 5.51. The van der Waals surface area contributed by atoms with Crippen LogP contribution in [0.5, 0.6) is 0 Å². The molecular weight excluding hydrogens is 104 g/mol. The molecule has 1 atom stereocenters. The van der Waals surface area contributed by atoms with Gasteiger partial charge in [0.2, 0.25) is 0 Å². The third-order valence-corrected chi connectivity index (χ3v) is 0.734. The van der Waals surface area contributed by atoms with E-state index in [0.29, 0.717) is 0 Å². The molecule has 0 saturated carbocycles. The Morgan fingerprint density at radius 1 is 1.62 bits per heavy atom. The Kier molecular flexibility index (Phi) is 3.48. The van der Waals surface area contributed by atoms with Gasteiger partial charge in [0.15, 0.2) is 0 Å². The van der Waals surface area contributed by atoms with Gasteiger partial charge in [-0.3, -0.25) is 5.26 Å². The van der Waals surface area contributed by atoms with E-state index in [2.05, 4.69) is 4.89 Å². The third-order valence-electron chi connectivity index (χ3n) is 0.734. The molecule has 0 aromatic carbocycles. The molecule has 0 aliphatic carbocycles. The molecule has 0 bridgehead atoms. The fourth-order valence-corrected chi connectivity index (χ4v) is 0.500. The maximum atomic E-state index is 8.04. The molecule has 8 heavy (non-hydrogen) atoms. The van der Waals surface area contributed by atoms with Crippen LogP contribution >= 0.6 is 0 Å². The van der Waals surface area contributed by atoms with Crippen LogP contribution in [-0.2, 0) is 4.89 Å². The molecule has 1 N–H and O–H groups in total. The van der Waals surface area contributed by atoms with Crippen LogP contribution in [0, 0.1) is 0 Å². The zero-order chi connectivity index (χ0) is 6.57. The average Bonchev–Trinajstić information content (AvgIpc) is 1.65. The molecule has 0 aromatic rings. The third kappa shape index (κ3) is 3.84. The zero-order valence-corrected chi connectivity index (χ0v) is 5.51. The van der Waals surface area contributed by atoms with Crippen LogP contribution in [-0.4, -0.2) is 11.4 Å². The molecule has 0 spiro atoms. The lowest BCUT2D eigenvalue weighted by molar-refractivity contribution is -0.261. The van der Waals surface area contributed by atoms with E-state index >= 15 is 0 Å². The van der Waals surface area contributed by atoms with Gasteiger partial charge in [0.1, 0.15) is 6.10 Å². The lowest BCUT2D eigenvalue weighted by atomic mass is 10.2. The van der Waals surface area contributed by atoms with Gasteiger partial charge in [0, 0.05) is 0 Å². The molecule has 0 fully saturated rings. The highest BCUT2D eigenvalue weighted by Gasteiger charge is 1.91. The predicted molar refractivity (Wildman–Crippen MR) is 32.6 cm³/mol. The van der Waals surface area contributed by atoms with Crippen molar-refractivity contribution in [3.8, 4) is 0 Å². The first-order valence-electron chi connectivity index (χ1n) is 2.62. The Morgan fingerprint density at radius 2 is 2.12 bits per heavy atom. The van der Waals surface area contributed by atoms with Gasteiger partial charge in [-0.25, -0.2) is 4.89 Å². The first-order chi connectivity index (χ1) is 3.66. The number of rotatable bonds is 2. The molecule has 0 radical (unpaired) electrons. The lowest BCUT2D eigenvalue weighted by Crippen LogP contribution is -1.99. The summed E-state index contributed by atoms with van der Waals surface area (Å²) in [7, 11) is 0.